The van der Waals surface area contributed by atoms with E-state index in [0.29, 0.717) is 13.2 Å². The van der Waals surface area contributed by atoms with Crippen LogP contribution in [0, 0.1) is 0 Å². The molecule has 0 aromatic heterocycles. The topological polar surface area (TPSA) is 44.5 Å². The summed E-state index contributed by atoms with van der Waals surface area (Å²) in [7, 11) is 0. The largest absolute Gasteiger partial charge is 0.402 e. The molecule has 3 nitrogen and oxygen atoms in total. The summed E-state index contributed by atoms with van der Waals surface area (Å²) in [5.41, 5.74) is 6.59. The molecule has 3 heteroatoms. The van der Waals surface area contributed by atoms with Crippen LogP contribution in [-0.2, 0) is 9.47 Å². The zero-order valence-corrected chi connectivity index (χ0v) is 6.51. The first-order chi connectivity index (χ1) is 5.31. The number of hydrogen-bond donors (Lipinski definition) is 1. The SMILES string of the molecule is NC1=CCCC2(C1)OCCO2. The minimum atomic E-state index is -0.348. The predicted molar refractivity (Wildman–Crippen MR) is 40.8 cm³/mol. The van der Waals surface area contributed by atoms with Gasteiger partial charge in [0, 0.05) is 18.5 Å². The molecule has 1 heterocycles. The summed E-state index contributed by atoms with van der Waals surface area (Å²) in [6.45, 7) is 1.43. The summed E-state index contributed by atoms with van der Waals surface area (Å²) in [5.74, 6) is -0.348. The van der Waals surface area contributed by atoms with Crippen LogP contribution in [0.2, 0.25) is 0 Å². The van der Waals surface area contributed by atoms with Crippen molar-refractivity contribution >= 4 is 0 Å². The van der Waals surface area contributed by atoms with Crippen LogP contribution in [0.25, 0.3) is 0 Å². The second kappa shape index (κ2) is 2.50. The standard InChI is InChI=1S/C8H13NO2/c9-7-2-1-3-8(6-7)10-4-5-11-8/h2H,1,3-6,9H2. The number of ether oxygens (including phenoxy) is 2. The molecule has 1 aliphatic heterocycles. The third-order valence-electron chi connectivity index (χ3n) is 2.22. The lowest BCUT2D eigenvalue weighted by Gasteiger charge is -2.30. The minimum absolute atomic E-state index is 0.348. The van der Waals surface area contributed by atoms with Gasteiger partial charge in [0.1, 0.15) is 0 Å². The fraction of sp³-hybridized carbons (Fsp3) is 0.750. The summed E-state index contributed by atoms with van der Waals surface area (Å²) in [6, 6.07) is 0. The van der Waals surface area contributed by atoms with Gasteiger partial charge in [-0.15, -0.1) is 0 Å². The van der Waals surface area contributed by atoms with Crippen molar-refractivity contribution in [3.63, 3.8) is 0 Å². The van der Waals surface area contributed by atoms with E-state index in [1.54, 1.807) is 0 Å². The maximum Gasteiger partial charge on any atom is 0.174 e. The van der Waals surface area contributed by atoms with Crippen LogP contribution in [0.1, 0.15) is 19.3 Å². The van der Waals surface area contributed by atoms with E-state index in [1.807, 2.05) is 0 Å². The lowest BCUT2D eigenvalue weighted by molar-refractivity contribution is -0.162. The Morgan fingerprint density at radius 1 is 1.36 bits per heavy atom. The maximum atomic E-state index is 5.69. The summed E-state index contributed by atoms with van der Waals surface area (Å²) < 4.78 is 11.0. The summed E-state index contributed by atoms with van der Waals surface area (Å²) >= 11 is 0. The Morgan fingerprint density at radius 2 is 2.09 bits per heavy atom. The molecule has 0 atom stereocenters. The number of rotatable bonds is 0. The molecule has 2 aliphatic rings. The highest BCUT2D eigenvalue weighted by atomic mass is 16.7. The number of hydrogen-bond acceptors (Lipinski definition) is 3. The van der Waals surface area contributed by atoms with Gasteiger partial charge in [-0.25, -0.2) is 0 Å². The van der Waals surface area contributed by atoms with E-state index in [2.05, 4.69) is 6.08 Å². The average molecular weight is 155 g/mol. The second-order valence-corrected chi connectivity index (χ2v) is 3.10. The molecule has 0 amide bonds. The van der Waals surface area contributed by atoms with Gasteiger partial charge in [0.15, 0.2) is 5.79 Å². The smallest absolute Gasteiger partial charge is 0.174 e. The molecule has 1 spiro atoms. The molecule has 0 bridgehead atoms. The molecule has 2 rings (SSSR count). The molecule has 1 saturated heterocycles. The zero-order chi connectivity index (χ0) is 7.73. The van der Waals surface area contributed by atoms with Gasteiger partial charge in [0.25, 0.3) is 0 Å². The van der Waals surface area contributed by atoms with E-state index in [4.69, 9.17) is 15.2 Å². The molecule has 11 heavy (non-hydrogen) atoms. The van der Waals surface area contributed by atoms with Crippen molar-refractivity contribution < 1.29 is 9.47 Å². The zero-order valence-electron chi connectivity index (χ0n) is 6.51. The Morgan fingerprint density at radius 3 is 2.73 bits per heavy atom. The average Bonchev–Trinajstić information content (AvgIpc) is 2.37. The Bertz CT molecular complexity index is 183. The fourth-order valence-corrected chi connectivity index (χ4v) is 1.69. The Hall–Kier alpha value is -0.540. The first-order valence-electron chi connectivity index (χ1n) is 4.03. The second-order valence-electron chi connectivity index (χ2n) is 3.10. The normalized spacial score (nSPS) is 28.9. The van der Waals surface area contributed by atoms with Gasteiger partial charge in [-0.2, -0.15) is 0 Å². The van der Waals surface area contributed by atoms with Crippen LogP contribution in [-0.4, -0.2) is 19.0 Å². The quantitative estimate of drug-likeness (QED) is 0.561. The minimum Gasteiger partial charge on any atom is -0.402 e. The van der Waals surface area contributed by atoms with Gasteiger partial charge in [-0.3, -0.25) is 0 Å². The van der Waals surface area contributed by atoms with Gasteiger partial charge in [0.05, 0.1) is 13.2 Å². The molecule has 0 aromatic carbocycles. The molecular formula is C8H13NO2. The molecule has 2 N–H and O–H groups in total. The van der Waals surface area contributed by atoms with Crippen LogP contribution < -0.4 is 5.73 Å². The molecule has 1 aliphatic carbocycles. The molecule has 0 saturated carbocycles. The molecule has 0 unspecified atom stereocenters. The fourth-order valence-electron chi connectivity index (χ4n) is 1.69. The predicted octanol–water partition coefficient (Wildman–Crippen LogP) is 0.756. The van der Waals surface area contributed by atoms with Crippen molar-refractivity contribution in [1.82, 2.24) is 0 Å². The van der Waals surface area contributed by atoms with Crippen molar-refractivity contribution in [2.75, 3.05) is 13.2 Å². The van der Waals surface area contributed by atoms with Crippen LogP contribution in [0.3, 0.4) is 0 Å². The van der Waals surface area contributed by atoms with Crippen LogP contribution in [0.5, 0.6) is 0 Å². The van der Waals surface area contributed by atoms with Gasteiger partial charge < -0.3 is 15.2 Å². The highest BCUT2D eigenvalue weighted by Crippen LogP contribution is 2.33. The first-order valence-corrected chi connectivity index (χ1v) is 4.03. The molecule has 62 valence electrons. The summed E-state index contributed by atoms with van der Waals surface area (Å²) in [5, 5.41) is 0. The third kappa shape index (κ3) is 1.26. The highest BCUT2D eigenvalue weighted by molar-refractivity contribution is 5.06. The molecule has 0 aromatic rings. The first kappa shape index (κ1) is 7.13. The number of allylic oxidation sites excluding steroid dienone is 1. The Labute approximate surface area is 66.2 Å². The van der Waals surface area contributed by atoms with Gasteiger partial charge in [-0.05, 0) is 6.42 Å². The van der Waals surface area contributed by atoms with E-state index < -0.39 is 0 Å². The van der Waals surface area contributed by atoms with E-state index in [0.717, 1.165) is 25.0 Å². The summed E-state index contributed by atoms with van der Waals surface area (Å²) in [6.07, 6.45) is 4.73. The lowest BCUT2D eigenvalue weighted by Crippen LogP contribution is -2.34. The monoisotopic (exact) mass is 155 g/mol. The Kier molecular flexibility index (Phi) is 1.62. The van der Waals surface area contributed by atoms with Crippen molar-refractivity contribution in [2.45, 2.75) is 25.0 Å². The highest BCUT2D eigenvalue weighted by Gasteiger charge is 2.37. The molecular weight excluding hydrogens is 142 g/mol. The summed E-state index contributed by atoms with van der Waals surface area (Å²) in [4.78, 5) is 0. The number of nitrogens with two attached hydrogens (primary N) is 1. The van der Waals surface area contributed by atoms with Crippen molar-refractivity contribution in [3.05, 3.63) is 11.8 Å². The lowest BCUT2D eigenvalue weighted by atomic mass is 9.98. The van der Waals surface area contributed by atoms with Gasteiger partial charge in [0.2, 0.25) is 0 Å². The molecule has 0 radical (unpaired) electrons. The van der Waals surface area contributed by atoms with Crippen molar-refractivity contribution in [1.29, 1.82) is 0 Å². The maximum absolute atomic E-state index is 5.69. The van der Waals surface area contributed by atoms with Crippen molar-refractivity contribution in [3.8, 4) is 0 Å². The van der Waals surface area contributed by atoms with Crippen molar-refractivity contribution in [2.24, 2.45) is 5.73 Å². The Balaban J connectivity index is 2.09. The van der Waals surface area contributed by atoms with Crippen LogP contribution in [0.4, 0.5) is 0 Å². The van der Waals surface area contributed by atoms with E-state index in [9.17, 15) is 0 Å². The van der Waals surface area contributed by atoms with E-state index in [-0.39, 0.29) is 5.79 Å². The van der Waals surface area contributed by atoms with E-state index in [1.165, 1.54) is 0 Å². The van der Waals surface area contributed by atoms with E-state index >= 15 is 0 Å². The van der Waals surface area contributed by atoms with Gasteiger partial charge >= 0.3 is 0 Å². The molecule has 1 fully saturated rings. The third-order valence-corrected chi connectivity index (χ3v) is 2.22. The van der Waals surface area contributed by atoms with Gasteiger partial charge in [-0.1, -0.05) is 6.08 Å². The van der Waals surface area contributed by atoms with Crippen LogP contribution in [0.15, 0.2) is 11.8 Å². The van der Waals surface area contributed by atoms with Crippen LogP contribution >= 0.6 is 0 Å².